The minimum Gasteiger partial charge on any atom is -0.465 e. The fourth-order valence-electron chi connectivity index (χ4n) is 3.73. The molecule has 1 N–H and O–H groups in total. The number of hydrogen-bond donors (Lipinski definition) is 1. The lowest BCUT2D eigenvalue weighted by molar-refractivity contribution is -0.274. The van der Waals surface area contributed by atoms with Crippen LogP contribution < -0.4 is 10.3 Å². The lowest BCUT2D eigenvalue weighted by Crippen LogP contribution is -2.47. The number of benzene rings is 1. The van der Waals surface area contributed by atoms with E-state index in [0.717, 1.165) is 16.8 Å². The molecular formula is C24H21Cl2F3N2O5. The van der Waals surface area contributed by atoms with Crippen LogP contribution in [-0.4, -0.2) is 33.9 Å². The summed E-state index contributed by atoms with van der Waals surface area (Å²) in [6.45, 7) is 2.54. The first kappa shape index (κ1) is 27.5. The van der Waals surface area contributed by atoms with Crippen molar-refractivity contribution in [2.24, 2.45) is 7.05 Å². The number of carbonyl (C=O) groups is 1. The maximum atomic E-state index is 14.3. The molecule has 3 rings (SSSR count). The van der Waals surface area contributed by atoms with E-state index in [2.05, 4.69) is 9.72 Å². The van der Waals surface area contributed by atoms with E-state index < -0.39 is 34.8 Å². The molecule has 0 saturated carbocycles. The van der Waals surface area contributed by atoms with Crippen LogP contribution in [0.5, 0.6) is 11.6 Å². The summed E-state index contributed by atoms with van der Waals surface area (Å²) in [4.78, 5) is 27.5. The van der Waals surface area contributed by atoms with Crippen molar-refractivity contribution >= 4 is 29.2 Å². The SMILES string of the molecule is COC(=O)c1cnc(Oc2ccc([C@H](C)[C@](O)(c3cc(C)c(=O)n(C)c3)C(F)(F)F)c(Cl)c2)c(Cl)c1. The van der Waals surface area contributed by atoms with Crippen LogP contribution in [0.2, 0.25) is 10.0 Å². The zero-order chi connectivity index (χ0) is 27.0. The third-order valence-corrected chi connectivity index (χ3v) is 6.34. The molecule has 2 aromatic heterocycles. The second-order valence-electron chi connectivity index (χ2n) is 8.10. The van der Waals surface area contributed by atoms with Gasteiger partial charge in [0.15, 0.2) is 5.60 Å². The number of methoxy groups -OCH3 is 1. The van der Waals surface area contributed by atoms with Gasteiger partial charge in [-0.3, -0.25) is 4.79 Å². The standard InChI is InChI=1S/C24H21Cl2F3N2O5/c1-12-7-15(11-31(3)21(12)32)23(34,24(27,28)29)13(2)17-6-5-16(9-18(17)25)36-20-19(26)8-14(10-30-20)22(33)35-4/h5-11,13,34H,1-4H3/t13-,23-/m0/s1. The normalized spacial score (nSPS) is 14.2. The van der Waals surface area contributed by atoms with Crippen molar-refractivity contribution in [2.45, 2.75) is 31.5 Å². The Balaban J connectivity index is 1.99. The first-order valence-corrected chi connectivity index (χ1v) is 11.1. The van der Waals surface area contributed by atoms with Crippen LogP contribution in [0.15, 0.2) is 47.5 Å². The highest BCUT2D eigenvalue weighted by atomic mass is 35.5. The van der Waals surface area contributed by atoms with Gasteiger partial charge in [-0.15, -0.1) is 0 Å². The summed E-state index contributed by atoms with van der Waals surface area (Å²) in [6.07, 6.45) is -2.96. The molecule has 0 aliphatic rings. The minimum atomic E-state index is -5.10. The van der Waals surface area contributed by atoms with Crippen molar-refractivity contribution in [3.05, 3.63) is 85.4 Å². The number of aryl methyl sites for hydroxylation is 2. The monoisotopic (exact) mass is 544 g/mol. The number of esters is 1. The quantitative estimate of drug-likeness (QED) is 0.410. The summed E-state index contributed by atoms with van der Waals surface area (Å²) in [6, 6.07) is 6.18. The molecule has 0 saturated heterocycles. The zero-order valence-electron chi connectivity index (χ0n) is 19.5. The van der Waals surface area contributed by atoms with Crippen LogP contribution in [0.25, 0.3) is 0 Å². The molecule has 36 heavy (non-hydrogen) atoms. The van der Waals surface area contributed by atoms with E-state index in [0.29, 0.717) is 0 Å². The van der Waals surface area contributed by atoms with Crippen LogP contribution in [0.4, 0.5) is 13.2 Å². The van der Waals surface area contributed by atoms with E-state index in [1.807, 2.05) is 0 Å². The second kappa shape index (κ2) is 10.1. The maximum absolute atomic E-state index is 14.3. The molecule has 0 aliphatic heterocycles. The molecule has 0 aliphatic carbocycles. The molecule has 0 fully saturated rings. The van der Waals surface area contributed by atoms with Gasteiger partial charge in [-0.05, 0) is 36.8 Å². The molecule has 0 spiro atoms. The first-order chi connectivity index (χ1) is 16.7. The molecule has 1 aromatic carbocycles. The molecule has 192 valence electrons. The molecule has 0 bridgehead atoms. The highest BCUT2D eigenvalue weighted by molar-refractivity contribution is 6.32. The summed E-state index contributed by atoms with van der Waals surface area (Å²) >= 11 is 12.4. The number of alkyl halides is 3. The van der Waals surface area contributed by atoms with E-state index in [1.54, 1.807) is 0 Å². The lowest BCUT2D eigenvalue weighted by Gasteiger charge is -2.37. The number of pyridine rings is 2. The molecule has 7 nitrogen and oxygen atoms in total. The van der Waals surface area contributed by atoms with Gasteiger partial charge < -0.3 is 19.1 Å². The van der Waals surface area contributed by atoms with Crippen LogP contribution in [0, 0.1) is 6.92 Å². The number of nitrogens with zero attached hydrogens (tertiary/aromatic N) is 2. The van der Waals surface area contributed by atoms with E-state index in [1.165, 1.54) is 58.5 Å². The number of rotatable bonds is 6. The van der Waals surface area contributed by atoms with Gasteiger partial charge in [0.05, 0.1) is 12.7 Å². The number of aromatic nitrogens is 2. The number of halogens is 5. The van der Waals surface area contributed by atoms with E-state index >= 15 is 0 Å². The Kier molecular flexibility index (Phi) is 7.73. The van der Waals surface area contributed by atoms with Gasteiger partial charge in [0.1, 0.15) is 10.8 Å². The van der Waals surface area contributed by atoms with Crippen LogP contribution >= 0.6 is 23.2 Å². The molecule has 2 atom stereocenters. The summed E-state index contributed by atoms with van der Waals surface area (Å²) < 4.78 is 54.0. The Hall–Kier alpha value is -3.08. The van der Waals surface area contributed by atoms with Gasteiger partial charge in [-0.2, -0.15) is 13.2 Å². The Morgan fingerprint density at radius 1 is 1.17 bits per heavy atom. The predicted octanol–water partition coefficient (Wildman–Crippen LogP) is 5.53. The molecule has 3 aromatic rings. The van der Waals surface area contributed by atoms with Gasteiger partial charge in [0, 0.05) is 41.5 Å². The highest BCUT2D eigenvalue weighted by Crippen LogP contribution is 2.50. The van der Waals surface area contributed by atoms with Crippen LogP contribution in [-0.2, 0) is 17.4 Å². The molecule has 0 radical (unpaired) electrons. The van der Waals surface area contributed by atoms with Gasteiger partial charge in [0.25, 0.3) is 5.56 Å². The molecule has 0 unspecified atom stereocenters. The summed E-state index contributed by atoms with van der Waals surface area (Å²) in [7, 11) is 2.50. The average Bonchev–Trinajstić information content (AvgIpc) is 2.81. The van der Waals surface area contributed by atoms with Crippen molar-refractivity contribution in [1.29, 1.82) is 0 Å². The molecule has 2 heterocycles. The molecule has 0 amide bonds. The number of ether oxygens (including phenoxy) is 2. The smallest absolute Gasteiger partial charge is 0.422 e. The van der Waals surface area contributed by atoms with Crippen molar-refractivity contribution in [1.82, 2.24) is 9.55 Å². The largest absolute Gasteiger partial charge is 0.465 e. The summed E-state index contributed by atoms with van der Waals surface area (Å²) in [5.74, 6) is -2.20. The average molecular weight is 545 g/mol. The predicted molar refractivity (Wildman–Crippen MR) is 127 cm³/mol. The lowest BCUT2D eigenvalue weighted by atomic mass is 9.78. The third-order valence-electron chi connectivity index (χ3n) is 5.74. The Bertz CT molecular complexity index is 1350. The van der Waals surface area contributed by atoms with Crippen molar-refractivity contribution in [2.75, 3.05) is 7.11 Å². The van der Waals surface area contributed by atoms with Crippen molar-refractivity contribution in [3.63, 3.8) is 0 Å². The molecular weight excluding hydrogens is 524 g/mol. The van der Waals surface area contributed by atoms with Gasteiger partial charge in [-0.1, -0.05) is 36.2 Å². The summed E-state index contributed by atoms with van der Waals surface area (Å²) in [5.41, 5.74) is -4.22. The highest BCUT2D eigenvalue weighted by Gasteiger charge is 2.59. The first-order valence-electron chi connectivity index (χ1n) is 10.4. The third kappa shape index (κ3) is 5.07. The second-order valence-corrected chi connectivity index (χ2v) is 8.92. The van der Waals surface area contributed by atoms with E-state index in [-0.39, 0.29) is 38.4 Å². The van der Waals surface area contributed by atoms with Crippen molar-refractivity contribution < 1.29 is 32.5 Å². The van der Waals surface area contributed by atoms with Crippen molar-refractivity contribution in [3.8, 4) is 11.6 Å². The van der Waals surface area contributed by atoms with Gasteiger partial charge in [0.2, 0.25) is 5.88 Å². The number of carbonyl (C=O) groups excluding carboxylic acids is 1. The minimum absolute atomic E-state index is 0.0111. The van der Waals surface area contributed by atoms with Crippen LogP contribution in [0.3, 0.4) is 0 Å². The summed E-state index contributed by atoms with van der Waals surface area (Å²) in [5, 5.41) is 10.9. The zero-order valence-corrected chi connectivity index (χ0v) is 21.0. The van der Waals surface area contributed by atoms with Crippen LogP contribution in [0.1, 0.15) is 39.9 Å². The Morgan fingerprint density at radius 2 is 1.83 bits per heavy atom. The fraction of sp³-hybridized carbons (Fsp3) is 0.292. The maximum Gasteiger partial charge on any atom is 0.422 e. The fourth-order valence-corrected chi connectivity index (χ4v) is 4.27. The number of aliphatic hydroxyl groups is 1. The Labute approximate surface area is 214 Å². The molecule has 12 heteroatoms. The Morgan fingerprint density at radius 3 is 2.36 bits per heavy atom. The topological polar surface area (TPSA) is 90.7 Å². The van der Waals surface area contributed by atoms with Gasteiger partial charge >= 0.3 is 12.1 Å². The van der Waals surface area contributed by atoms with E-state index in [9.17, 15) is 27.9 Å². The van der Waals surface area contributed by atoms with Gasteiger partial charge in [-0.25, -0.2) is 9.78 Å². The van der Waals surface area contributed by atoms with E-state index in [4.69, 9.17) is 27.9 Å². The number of hydrogen-bond acceptors (Lipinski definition) is 6.